The number of benzene rings is 1. The number of likely N-dealkylation sites (tertiary alicyclic amines) is 1. The van der Waals surface area contributed by atoms with Crippen LogP contribution in [0.15, 0.2) is 42.6 Å². The van der Waals surface area contributed by atoms with Crippen LogP contribution in [0.1, 0.15) is 12.8 Å². The molecule has 1 unspecified atom stereocenters. The van der Waals surface area contributed by atoms with Gasteiger partial charge in [-0.15, -0.1) is 0 Å². The Kier molecular flexibility index (Phi) is 6.82. The van der Waals surface area contributed by atoms with Crippen molar-refractivity contribution in [3.63, 3.8) is 0 Å². The second-order valence-corrected chi connectivity index (χ2v) is 6.61. The molecular formula is C21H25N5O2. The summed E-state index contributed by atoms with van der Waals surface area (Å²) >= 11 is 0. The minimum atomic E-state index is -0.265. The fourth-order valence-electron chi connectivity index (χ4n) is 3.32. The van der Waals surface area contributed by atoms with E-state index in [1.54, 1.807) is 12.0 Å². The van der Waals surface area contributed by atoms with Crippen molar-refractivity contribution in [1.82, 2.24) is 15.2 Å². The fourth-order valence-corrected chi connectivity index (χ4v) is 3.32. The van der Waals surface area contributed by atoms with Crippen molar-refractivity contribution >= 4 is 11.7 Å². The molecule has 7 heteroatoms. The molecule has 1 amide bonds. The lowest BCUT2D eigenvalue weighted by molar-refractivity contribution is -0.130. The predicted octanol–water partition coefficient (Wildman–Crippen LogP) is 2.27. The number of nitrogens with one attached hydrogen (secondary N) is 2. The van der Waals surface area contributed by atoms with E-state index >= 15 is 0 Å². The zero-order valence-electron chi connectivity index (χ0n) is 16.0. The normalized spacial score (nSPS) is 15.9. The number of nitriles is 1. The van der Waals surface area contributed by atoms with Crippen LogP contribution in [0.5, 0.6) is 5.75 Å². The molecule has 3 rings (SSSR count). The molecule has 1 aliphatic rings. The number of carbonyl (C=O) groups excluding carboxylic acids is 1. The molecule has 1 aliphatic heterocycles. The van der Waals surface area contributed by atoms with Gasteiger partial charge in [0, 0.05) is 37.0 Å². The van der Waals surface area contributed by atoms with Crippen molar-refractivity contribution in [3.05, 3.63) is 42.6 Å². The van der Waals surface area contributed by atoms with Crippen LogP contribution in [0.25, 0.3) is 11.1 Å². The molecule has 2 heterocycles. The molecule has 1 aromatic heterocycles. The van der Waals surface area contributed by atoms with E-state index < -0.39 is 0 Å². The van der Waals surface area contributed by atoms with Crippen LogP contribution in [-0.2, 0) is 4.79 Å². The number of carbonyl (C=O) groups is 1. The van der Waals surface area contributed by atoms with Gasteiger partial charge in [-0.05, 0) is 31.0 Å². The quantitative estimate of drug-likeness (QED) is 0.684. The van der Waals surface area contributed by atoms with Crippen molar-refractivity contribution in [3.8, 4) is 22.9 Å². The van der Waals surface area contributed by atoms with E-state index in [4.69, 9.17) is 10.00 Å². The van der Waals surface area contributed by atoms with Crippen LogP contribution in [0.4, 0.5) is 5.82 Å². The van der Waals surface area contributed by atoms with Crippen LogP contribution in [0.2, 0.25) is 0 Å². The third-order valence-electron chi connectivity index (χ3n) is 4.79. The Hall–Kier alpha value is -3.11. The molecule has 2 N–H and O–H groups in total. The first-order valence-electron chi connectivity index (χ1n) is 9.46. The largest absolute Gasteiger partial charge is 0.496 e. The zero-order chi connectivity index (χ0) is 19.8. The van der Waals surface area contributed by atoms with Crippen molar-refractivity contribution in [1.29, 1.82) is 5.26 Å². The van der Waals surface area contributed by atoms with E-state index in [2.05, 4.69) is 21.7 Å². The Morgan fingerprint density at radius 2 is 2.18 bits per heavy atom. The highest BCUT2D eigenvalue weighted by Gasteiger charge is 2.27. The van der Waals surface area contributed by atoms with Gasteiger partial charge in [0.25, 0.3) is 0 Å². The summed E-state index contributed by atoms with van der Waals surface area (Å²) in [5.74, 6) is 1.58. The highest BCUT2D eigenvalue weighted by Crippen LogP contribution is 2.29. The molecule has 1 atom stereocenters. The van der Waals surface area contributed by atoms with Gasteiger partial charge in [-0.3, -0.25) is 4.79 Å². The average molecular weight is 379 g/mol. The molecule has 146 valence electrons. The number of rotatable bonds is 8. The van der Waals surface area contributed by atoms with Gasteiger partial charge < -0.3 is 20.3 Å². The van der Waals surface area contributed by atoms with Crippen molar-refractivity contribution in [2.75, 3.05) is 38.6 Å². The Morgan fingerprint density at radius 3 is 2.93 bits per heavy atom. The number of hydrogen-bond donors (Lipinski definition) is 2. The Labute approximate surface area is 165 Å². The lowest BCUT2D eigenvalue weighted by Gasteiger charge is -2.19. The summed E-state index contributed by atoms with van der Waals surface area (Å²) in [5, 5.41) is 15.4. The lowest BCUT2D eigenvalue weighted by Crippen LogP contribution is -2.41. The number of nitrogens with zero attached hydrogens (tertiary/aromatic N) is 3. The molecule has 1 fully saturated rings. The first kappa shape index (κ1) is 19.6. The van der Waals surface area contributed by atoms with Crippen molar-refractivity contribution in [2.24, 2.45) is 0 Å². The van der Waals surface area contributed by atoms with Crippen LogP contribution in [0.3, 0.4) is 0 Å². The summed E-state index contributed by atoms with van der Waals surface area (Å²) in [5.41, 5.74) is 1.99. The molecule has 0 aliphatic carbocycles. The molecule has 0 saturated carbocycles. The number of aromatic nitrogens is 1. The minimum absolute atomic E-state index is 0.0108. The number of ether oxygens (including phenoxy) is 1. The van der Waals surface area contributed by atoms with Gasteiger partial charge in [0.1, 0.15) is 17.6 Å². The van der Waals surface area contributed by atoms with Crippen molar-refractivity contribution < 1.29 is 9.53 Å². The molecule has 2 aromatic rings. The Morgan fingerprint density at radius 1 is 1.32 bits per heavy atom. The predicted molar refractivity (Wildman–Crippen MR) is 108 cm³/mol. The minimum Gasteiger partial charge on any atom is -0.496 e. The summed E-state index contributed by atoms with van der Waals surface area (Å²) in [6.07, 6.45) is 3.49. The molecule has 28 heavy (non-hydrogen) atoms. The number of methoxy groups -OCH3 is 1. The molecule has 0 spiro atoms. The van der Waals surface area contributed by atoms with Gasteiger partial charge >= 0.3 is 0 Å². The van der Waals surface area contributed by atoms with E-state index in [0.29, 0.717) is 19.6 Å². The molecule has 0 radical (unpaired) electrons. The second-order valence-electron chi connectivity index (χ2n) is 6.61. The van der Waals surface area contributed by atoms with E-state index in [-0.39, 0.29) is 18.5 Å². The maximum absolute atomic E-state index is 12.1. The summed E-state index contributed by atoms with van der Waals surface area (Å²) in [6, 6.07) is 13.7. The van der Waals surface area contributed by atoms with Gasteiger partial charge in [0.05, 0.1) is 19.7 Å². The standard InChI is InChI=1S/C21H25N5O2/c1-28-19-7-3-2-6-18(19)16-8-9-20(25-14-16)24-11-10-23-15-21(27)26-12-4-5-17(26)13-22/h2-3,6-9,14,17,23H,4-5,10-12,15H2,1H3,(H,24,25). The topological polar surface area (TPSA) is 90.3 Å². The highest BCUT2D eigenvalue weighted by molar-refractivity contribution is 5.79. The van der Waals surface area contributed by atoms with Gasteiger partial charge in [-0.1, -0.05) is 18.2 Å². The lowest BCUT2D eigenvalue weighted by atomic mass is 10.1. The van der Waals surface area contributed by atoms with Crippen LogP contribution in [0, 0.1) is 11.3 Å². The second kappa shape index (κ2) is 9.72. The number of para-hydroxylation sites is 1. The van der Waals surface area contributed by atoms with Crippen molar-refractivity contribution in [2.45, 2.75) is 18.9 Å². The number of pyridine rings is 1. The van der Waals surface area contributed by atoms with Crippen LogP contribution < -0.4 is 15.4 Å². The first-order valence-corrected chi connectivity index (χ1v) is 9.46. The average Bonchev–Trinajstić information content (AvgIpc) is 3.23. The summed E-state index contributed by atoms with van der Waals surface area (Å²) in [7, 11) is 1.66. The van der Waals surface area contributed by atoms with Gasteiger partial charge in [0.15, 0.2) is 0 Å². The van der Waals surface area contributed by atoms with E-state index in [0.717, 1.165) is 35.5 Å². The Bertz CT molecular complexity index is 831. The number of amides is 1. The Balaban J connectivity index is 1.42. The molecule has 1 aromatic carbocycles. The van der Waals surface area contributed by atoms with Gasteiger partial charge in [0.2, 0.25) is 5.91 Å². The van der Waals surface area contributed by atoms with E-state index in [9.17, 15) is 4.79 Å². The summed E-state index contributed by atoms with van der Waals surface area (Å²) < 4.78 is 5.39. The summed E-state index contributed by atoms with van der Waals surface area (Å²) in [4.78, 5) is 18.2. The van der Waals surface area contributed by atoms with Crippen LogP contribution in [-0.4, -0.2) is 55.1 Å². The van der Waals surface area contributed by atoms with Crippen LogP contribution >= 0.6 is 0 Å². The fraction of sp³-hybridized carbons (Fsp3) is 0.381. The molecule has 7 nitrogen and oxygen atoms in total. The number of anilines is 1. The maximum Gasteiger partial charge on any atom is 0.237 e. The number of hydrogen-bond acceptors (Lipinski definition) is 6. The third kappa shape index (κ3) is 4.78. The summed E-state index contributed by atoms with van der Waals surface area (Å²) in [6.45, 7) is 2.21. The highest BCUT2D eigenvalue weighted by atomic mass is 16.5. The van der Waals surface area contributed by atoms with E-state index in [1.807, 2.05) is 42.6 Å². The van der Waals surface area contributed by atoms with Gasteiger partial charge in [-0.2, -0.15) is 5.26 Å². The third-order valence-corrected chi connectivity index (χ3v) is 4.79. The zero-order valence-corrected chi connectivity index (χ0v) is 16.0. The van der Waals surface area contributed by atoms with E-state index in [1.165, 1.54) is 0 Å². The first-order chi connectivity index (χ1) is 13.7. The maximum atomic E-state index is 12.1. The molecule has 1 saturated heterocycles. The SMILES string of the molecule is COc1ccccc1-c1ccc(NCCNCC(=O)N2CCCC2C#N)nc1. The smallest absolute Gasteiger partial charge is 0.237 e. The molecular weight excluding hydrogens is 354 g/mol. The monoisotopic (exact) mass is 379 g/mol. The molecule has 0 bridgehead atoms. The van der Waals surface area contributed by atoms with Gasteiger partial charge in [-0.25, -0.2) is 4.98 Å².